The van der Waals surface area contributed by atoms with Gasteiger partial charge in [-0.1, -0.05) is 12.1 Å². The molecule has 1 aromatic carbocycles. The second-order valence-electron chi connectivity index (χ2n) is 6.19. The third-order valence-corrected chi connectivity index (χ3v) is 4.75. The van der Waals surface area contributed by atoms with Gasteiger partial charge < -0.3 is 10.6 Å². The van der Waals surface area contributed by atoms with E-state index in [4.69, 9.17) is 5.73 Å². The molecule has 3 aromatic rings. The van der Waals surface area contributed by atoms with Crippen LogP contribution in [0, 0.1) is 5.82 Å². The largest absolute Gasteiger partial charge is 0.394 e. The zero-order valence-electron chi connectivity index (χ0n) is 12.9. The summed E-state index contributed by atoms with van der Waals surface area (Å²) < 4.78 is 15.3. The maximum atomic E-state index is 13.7. The fraction of sp³-hybridized carbons (Fsp3) is 0.294. The lowest BCUT2D eigenvalue weighted by Gasteiger charge is -2.36. The van der Waals surface area contributed by atoms with Crippen LogP contribution >= 0.6 is 0 Å². The molecule has 5 nitrogen and oxygen atoms in total. The van der Waals surface area contributed by atoms with E-state index in [1.54, 1.807) is 22.8 Å². The molecule has 1 atom stereocenters. The smallest absolute Gasteiger partial charge is 0.180 e. The van der Waals surface area contributed by atoms with Crippen LogP contribution in [-0.2, 0) is 5.54 Å². The Labute approximate surface area is 133 Å². The Balaban J connectivity index is 1.80. The maximum absolute atomic E-state index is 13.7. The Morgan fingerprint density at radius 1 is 1.30 bits per heavy atom. The lowest BCUT2D eigenvalue weighted by molar-refractivity contribution is 0.485. The monoisotopic (exact) mass is 311 g/mol. The predicted molar refractivity (Wildman–Crippen MR) is 87.7 cm³/mol. The number of nitrogens with two attached hydrogens (primary N) is 1. The van der Waals surface area contributed by atoms with Crippen LogP contribution in [0.3, 0.4) is 0 Å². The Morgan fingerprint density at radius 2 is 2.17 bits per heavy atom. The molecule has 1 saturated heterocycles. The van der Waals surface area contributed by atoms with E-state index in [1.807, 2.05) is 18.3 Å². The number of nitrogen functional groups attached to an aromatic ring is 1. The summed E-state index contributed by atoms with van der Waals surface area (Å²) in [7, 11) is 0. The topological polar surface area (TPSA) is 59.5 Å². The van der Waals surface area contributed by atoms with Crippen molar-refractivity contribution in [3.8, 4) is 0 Å². The van der Waals surface area contributed by atoms with E-state index >= 15 is 0 Å². The Kier molecular flexibility index (Phi) is 3.01. The number of fused-ring (bicyclic) bond motifs is 1. The summed E-state index contributed by atoms with van der Waals surface area (Å²) >= 11 is 0. The summed E-state index contributed by atoms with van der Waals surface area (Å²) in [6.45, 7) is 3.02. The minimum atomic E-state index is -0.276. The molecule has 2 aromatic heterocycles. The zero-order valence-corrected chi connectivity index (χ0v) is 12.9. The molecule has 0 radical (unpaired) electrons. The minimum Gasteiger partial charge on any atom is -0.394 e. The van der Waals surface area contributed by atoms with E-state index < -0.39 is 0 Å². The van der Waals surface area contributed by atoms with Gasteiger partial charge in [0.25, 0.3) is 0 Å². The van der Waals surface area contributed by atoms with Crippen molar-refractivity contribution >= 4 is 17.2 Å². The van der Waals surface area contributed by atoms with Crippen molar-refractivity contribution in [3.05, 3.63) is 54.1 Å². The zero-order chi connectivity index (χ0) is 16.0. The van der Waals surface area contributed by atoms with Crippen LogP contribution in [-0.4, -0.2) is 21.1 Å². The van der Waals surface area contributed by atoms with Crippen molar-refractivity contribution < 1.29 is 4.39 Å². The highest BCUT2D eigenvalue weighted by molar-refractivity contribution is 5.66. The predicted octanol–water partition coefficient (Wildman–Crippen LogP) is 2.97. The minimum absolute atomic E-state index is 0.209. The summed E-state index contributed by atoms with van der Waals surface area (Å²) in [5, 5.41) is 4.15. The van der Waals surface area contributed by atoms with Crippen molar-refractivity contribution in [1.82, 2.24) is 14.6 Å². The van der Waals surface area contributed by atoms with Crippen molar-refractivity contribution in [2.75, 3.05) is 17.2 Å². The first kappa shape index (κ1) is 14.0. The van der Waals surface area contributed by atoms with E-state index in [9.17, 15) is 4.39 Å². The molecule has 0 saturated carbocycles. The van der Waals surface area contributed by atoms with Crippen LogP contribution in [0.15, 0.2) is 42.7 Å². The standard InChI is InChI=1S/C17H18FN5/c1-17(12-4-2-5-13(18)10-12)7-3-8-22(17)15-6-9-23-16(21-15)14(19)11-20-23/h2,4-6,9-11H,3,7-8,19H2,1H3. The molecule has 6 heteroatoms. The molecule has 118 valence electrons. The Bertz CT molecular complexity index is 874. The van der Waals surface area contributed by atoms with E-state index in [0.29, 0.717) is 11.3 Å². The number of benzene rings is 1. The molecule has 0 spiro atoms. The van der Waals surface area contributed by atoms with Gasteiger partial charge in [-0.3, -0.25) is 0 Å². The maximum Gasteiger partial charge on any atom is 0.180 e. The third-order valence-electron chi connectivity index (χ3n) is 4.75. The number of hydrogen-bond acceptors (Lipinski definition) is 4. The molecule has 1 aliphatic rings. The van der Waals surface area contributed by atoms with Crippen molar-refractivity contribution in [2.45, 2.75) is 25.3 Å². The molecule has 23 heavy (non-hydrogen) atoms. The average molecular weight is 311 g/mol. The van der Waals surface area contributed by atoms with Crippen LogP contribution in [0.1, 0.15) is 25.3 Å². The van der Waals surface area contributed by atoms with Gasteiger partial charge in [0.1, 0.15) is 11.6 Å². The van der Waals surface area contributed by atoms with Gasteiger partial charge in [-0.05, 0) is 43.5 Å². The van der Waals surface area contributed by atoms with Gasteiger partial charge in [-0.15, -0.1) is 0 Å². The average Bonchev–Trinajstić information content (AvgIpc) is 3.12. The third kappa shape index (κ3) is 2.13. The van der Waals surface area contributed by atoms with E-state index in [1.165, 1.54) is 6.07 Å². The number of hydrogen-bond donors (Lipinski definition) is 1. The van der Waals surface area contributed by atoms with Gasteiger partial charge in [0.15, 0.2) is 5.65 Å². The second kappa shape index (κ2) is 4.94. The van der Waals surface area contributed by atoms with Crippen molar-refractivity contribution in [1.29, 1.82) is 0 Å². The lowest BCUT2D eigenvalue weighted by atomic mass is 9.89. The first-order chi connectivity index (χ1) is 11.1. The second-order valence-corrected chi connectivity index (χ2v) is 6.19. The first-order valence-electron chi connectivity index (χ1n) is 7.71. The highest BCUT2D eigenvalue weighted by Crippen LogP contribution is 2.41. The van der Waals surface area contributed by atoms with Gasteiger partial charge in [-0.2, -0.15) is 5.10 Å². The van der Waals surface area contributed by atoms with Crippen molar-refractivity contribution in [3.63, 3.8) is 0 Å². The Morgan fingerprint density at radius 3 is 3.00 bits per heavy atom. The van der Waals surface area contributed by atoms with Gasteiger partial charge in [0.2, 0.25) is 0 Å². The summed E-state index contributed by atoms with van der Waals surface area (Å²) in [5.74, 6) is 0.632. The van der Waals surface area contributed by atoms with E-state index in [0.717, 1.165) is 30.8 Å². The molecule has 0 amide bonds. The molecule has 3 heterocycles. The van der Waals surface area contributed by atoms with Gasteiger partial charge in [0.05, 0.1) is 17.4 Å². The fourth-order valence-corrected chi connectivity index (χ4v) is 3.48. The molecule has 1 aliphatic heterocycles. The molecule has 1 unspecified atom stereocenters. The van der Waals surface area contributed by atoms with Crippen molar-refractivity contribution in [2.24, 2.45) is 0 Å². The fourth-order valence-electron chi connectivity index (χ4n) is 3.48. The Hall–Kier alpha value is -2.63. The number of aromatic nitrogens is 3. The summed E-state index contributed by atoms with van der Waals surface area (Å²) in [5.41, 5.74) is 7.83. The molecule has 2 N–H and O–H groups in total. The van der Waals surface area contributed by atoms with Crippen LogP contribution in [0.5, 0.6) is 0 Å². The first-order valence-corrected chi connectivity index (χ1v) is 7.71. The summed E-state index contributed by atoms with van der Waals surface area (Å²) in [6, 6.07) is 8.76. The quantitative estimate of drug-likeness (QED) is 0.790. The highest BCUT2D eigenvalue weighted by Gasteiger charge is 2.39. The SMILES string of the molecule is CC1(c2cccc(F)c2)CCCN1c1ccn2ncc(N)c2n1. The molecule has 0 bridgehead atoms. The normalized spacial score (nSPS) is 21.2. The lowest BCUT2D eigenvalue weighted by Crippen LogP contribution is -2.39. The van der Waals surface area contributed by atoms with Crippen LogP contribution in [0.4, 0.5) is 15.9 Å². The number of halogens is 1. The van der Waals surface area contributed by atoms with Crippen LogP contribution in [0.25, 0.3) is 5.65 Å². The molecule has 0 aliphatic carbocycles. The summed E-state index contributed by atoms with van der Waals surface area (Å²) in [4.78, 5) is 6.90. The highest BCUT2D eigenvalue weighted by atomic mass is 19.1. The van der Waals surface area contributed by atoms with Gasteiger partial charge >= 0.3 is 0 Å². The van der Waals surface area contributed by atoms with Crippen LogP contribution < -0.4 is 10.6 Å². The van der Waals surface area contributed by atoms with Gasteiger partial charge in [0, 0.05) is 12.7 Å². The summed E-state index contributed by atoms with van der Waals surface area (Å²) in [6.07, 6.45) is 5.45. The van der Waals surface area contributed by atoms with Gasteiger partial charge in [-0.25, -0.2) is 13.9 Å². The number of rotatable bonds is 2. The number of anilines is 2. The van der Waals surface area contributed by atoms with E-state index in [-0.39, 0.29) is 11.4 Å². The van der Waals surface area contributed by atoms with Crippen LogP contribution in [0.2, 0.25) is 0 Å². The van der Waals surface area contributed by atoms with E-state index in [2.05, 4.69) is 21.9 Å². The molecule has 4 rings (SSSR count). The molecular weight excluding hydrogens is 293 g/mol. The molecule has 1 fully saturated rings. The number of nitrogens with zero attached hydrogens (tertiary/aromatic N) is 4. The molecular formula is C17H18FN5.